The number of nitrogens with zero attached hydrogens (tertiary/aromatic N) is 1. The fraction of sp³-hybridized carbons (Fsp3) is 0.533. The van der Waals surface area contributed by atoms with Crippen LogP contribution in [0.5, 0.6) is 0 Å². The van der Waals surface area contributed by atoms with Gasteiger partial charge in [-0.1, -0.05) is 18.2 Å². The molecule has 1 aromatic rings. The van der Waals surface area contributed by atoms with Gasteiger partial charge in [0.25, 0.3) is 0 Å². The fourth-order valence-corrected chi connectivity index (χ4v) is 2.58. The Morgan fingerprint density at radius 3 is 2.76 bits per heavy atom. The SMILES string of the molecule is CC1(O)CCCN(C(=O)Cc2cccc(C(F)(F)F)c2)C1. The number of hydrogen-bond acceptors (Lipinski definition) is 2. The van der Waals surface area contributed by atoms with Gasteiger partial charge < -0.3 is 10.0 Å². The Hall–Kier alpha value is -1.56. The van der Waals surface area contributed by atoms with Crippen molar-refractivity contribution in [2.24, 2.45) is 0 Å². The molecule has 1 fully saturated rings. The molecular formula is C15H18F3NO2. The van der Waals surface area contributed by atoms with Gasteiger partial charge >= 0.3 is 6.18 Å². The highest BCUT2D eigenvalue weighted by atomic mass is 19.4. The second kappa shape index (κ2) is 5.67. The Morgan fingerprint density at radius 1 is 1.43 bits per heavy atom. The average Bonchev–Trinajstić information content (AvgIpc) is 2.37. The molecule has 1 heterocycles. The quantitative estimate of drug-likeness (QED) is 0.912. The third-order valence-electron chi connectivity index (χ3n) is 3.64. The molecule has 6 heteroatoms. The molecule has 1 N–H and O–H groups in total. The van der Waals surface area contributed by atoms with Crippen LogP contribution >= 0.6 is 0 Å². The highest BCUT2D eigenvalue weighted by Gasteiger charge is 2.32. The van der Waals surface area contributed by atoms with E-state index in [9.17, 15) is 23.1 Å². The number of β-amino-alcohol motifs (C(OH)–C–C–N with tert-alkyl or cyclic N) is 1. The van der Waals surface area contributed by atoms with E-state index < -0.39 is 17.3 Å². The normalized spacial score (nSPS) is 23.2. The molecule has 1 unspecified atom stereocenters. The topological polar surface area (TPSA) is 40.5 Å². The van der Waals surface area contributed by atoms with Crippen LogP contribution in [0.2, 0.25) is 0 Å². The van der Waals surface area contributed by atoms with E-state index in [1.54, 1.807) is 6.92 Å². The zero-order valence-electron chi connectivity index (χ0n) is 11.8. The monoisotopic (exact) mass is 301 g/mol. The Kier molecular flexibility index (Phi) is 4.27. The van der Waals surface area contributed by atoms with Crippen LogP contribution < -0.4 is 0 Å². The molecule has 21 heavy (non-hydrogen) atoms. The number of amides is 1. The van der Waals surface area contributed by atoms with Crippen molar-refractivity contribution in [1.29, 1.82) is 0 Å². The highest BCUT2D eigenvalue weighted by molar-refractivity contribution is 5.79. The molecule has 0 aliphatic carbocycles. The van der Waals surface area contributed by atoms with Crippen molar-refractivity contribution < 1.29 is 23.1 Å². The van der Waals surface area contributed by atoms with Gasteiger partial charge in [0, 0.05) is 13.1 Å². The number of likely N-dealkylation sites (tertiary alicyclic amines) is 1. The number of aliphatic hydroxyl groups is 1. The third kappa shape index (κ3) is 4.20. The van der Waals surface area contributed by atoms with Gasteiger partial charge in [-0.15, -0.1) is 0 Å². The lowest BCUT2D eigenvalue weighted by molar-refractivity contribution is -0.138. The van der Waals surface area contributed by atoms with E-state index in [1.165, 1.54) is 17.0 Å². The first kappa shape index (κ1) is 15.8. The van der Waals surface area contributed by atoms with Gasteiger partial charge in [-0.25, -0.2) is 0 Å². The van der Waals surface area contributed by atoms with E-state index in [2.05, 4.69) is 0 Å². The molecule has 2 rings (SSSR count). The summed E-state index contributed by atoms with van der Waals surface area (Å²) in [5, 5.41) is 9.97. The minimum absolute atomic E-state index is 0.0833. The molecule has 1 aromatic carbocycles. The number of rotatable bonds is 2. The Bertz CT molecular complexity index is 526. The molecule has 1 atom stereocenters. The van der Waals surface area contributed by atoms with E-state index in [1.807, 2.05) is 0 Å². The summed E-state index contributed by atoms with van der Waals surface area (Å²) in [6, 6.07) is 4.80. The average molecular weight is 301 g/mol. The Balaban J connectivity index is 2.06. The molecule has 3 nitrogen and oxygen atoms in total. The van der Waals surface area contributed by atoms with Crippen molar-refractivity contribution in [1.82, 2.24) is 4.90 Å². The lowest BCUT2D eigenvalue weighted by Gasteiger charge is -2.36. The van der Waals surface area contributed by atoms with Gasteiger partial charge in [-0.05, 0) is 31.4 Å². The molecule has 0 radical (unpaired) electrons. The van der Waals surface area contributed by atoms with Gasteiger partial charge in [-0.3, -0.25) is 4.79 Å². The van der Waals surface area contributed by atoms with Crippen molar-refractivity contribution in [2.75, 3.05) is 13.1 Å². The molecule has 1 aliphatic heterocycles. The maximum Gasteiger partial charge on any atom is 0.416 e. The van der Waals surface area contributed by atoms with Gasteiger partial charge in [0.15, 0.2) is 0 Å². The molecule has 0 bridgehead atoms. The Labute approximate surface area is 121 Å². The summed E-state index contributed by atoms with van der Waals surface area (Å²) in [4.78, 5) is 13.7. The van der Waals surface area contributed by atoms with Crippen LogP contribution in [-0.2, 0) is 17.4 Å². The van der Waals surface area contributed by atoms with Gasteiger partial charge in [-0.2, -0.15) is 13.2 Å². The summed E-state index contributed by atoms with van der Waals surface area (Å²) >= 11 is 0. The third-order valence-corrected chi connectivity index (χ3v) is 3.64. The molecule has 1 saturated heterocycles. The smallest absolute Gasteiger partial charge is 0.388 e. The summed E-state index contributed by atoms with van der Waals surface area (Å²) in [7, 11) is 0. The number of carbonyl (C=O) groups excluding carboxylic acids is 1. The minimum Gasteiger partial charge on any atom is -0.388 e. The van der Waals surface area contributed by atoms with E-state index >= 15 is 0 Å². The maximum absolute atomic E-state index is 12.6. The zero-order valence-corrected chi connectivity index (χ0v) is 11.8. The fourth-order valence-electron chi connectivity index (χ4n) is 2.58. The summed E-state index contributed by atoms with van der Waals surface area (Å²) in [5.74, 6) is -0.255. The second-order valence-corrected chi connectivity index (χ2v) is 5.79. The highest BCUT2D eigenvalue weighted by Crippen LogP contribution is 2.29. The first-order valence-electron chi connectivity index (χ1n) is 6.84. The number of halogens is 3. The molecule has 116 valence electrons. The molecule has 0 aromatic heterocycles. The number of benzene rings is 1. The first-order chi connectivity index (χ1) is 9.67. The number of carbonyl (C=O) groups is 1. The Morgan fingerprint density at radius 2 is 2.14 bits per heavy atom. The van der Waals surface area contributed by atoms with Crippen LogP contribution in [0.15, 0.2) is 24.3 Å². The zero-order chi connectivity index (χ0) is 15.7. The van der Waals surface area contributed by atoms with Gasteiger partial charge in [0.1, 0.15) is 0 Å². The summed E-state index contributed by atoms with van der Waals surface area (Å²) < 4.78 is 37.9. The van der Waals surface area contributed by atoms with Crippen LogP contribution in [0.3, 0.4) is 0 Å². The van der Waals surface area contributed by atoms with Crippen molar-refractivity contribution in [2.45, 2.75) is 38.0 Å². The van der Waals surface area contributed by atoms with Crippen LogP contribution in [0.25, 0.3) is 0 Å². The summed E-state index contributed by atoms with van der Waals surface area (Å²) in [5.41, 5.74) is -1.33. The lowest BCUT2D eigenvalue weighted by atomic mass is 9.94. The number of piperidine rings is 1. The first-order valence-corrected chi connectivity index (χ1v) is 6.84. The van der Waals surface area contributed by atoms with E-state index in [0.717, 1.165) is 12.1 Å². The molecule has 1 aliphatic rings. The maximum atomic E-state index is 12.6. The van der Waals surface area contributed by atoms with Crippen LogP contribution in [0.1, 0.15) is 30.9 Å². The van der Waals surface area contributed by atoms with Gasteiger partial charge in [0.05, 0.1) is 17.6 Å². The molecule has 1 amide bonds. The van der Waals surface area contributed by atoms with Crippen molar-refractivity contribution >= 4 is 5.91 Å². The minimum atomic E-state index is -4.41. The summed E-state index contributed by atoms with van der Waals surface area (Å²) in [6.07, 6.45) is -3.17. The molecule has 0 spiro atoms. The standard InChI is InChI=1S/C15H18F3NO2/c1-14(21)6-3-7-19(10-14)13(20)9-11-4-2-5-12(8-11)15(16,17)18/h2,4-5,8,21H,3,6-7,9-10H2,1H3. The molecular weight excluding hydrogens is 283 g/mol. The predicted octanol–water partition coefficient (Wildman–Crippen LogP) is 2.62. The van der Waals surface area contributed by atoms with Crippen LogP contribution in [-0.4, -0.2) is 34.6 Å². The largest absolute Gasteiger partial charge is 0.416 e. The van der Waals surface area contributed by atoms with Crippen molar-refractivity contribution in [3.05, 3.63) is 35.4 Å². The van der Waals surface area contributed by atoms with E-state index in [0.29, 0.717) is 24.9 Å². The van der Waals surface area contributed by atoms with E-state index in [-0.39, 0.29) is 18.9 Å². The van der Waals surface area contributed by atoms with Gasteiger partial charge in [0.2, 0.25) is 5.91 Å². The number of alkyl halides is 3. The second-order valence-electron chi connectivity index (χ2n) is 5.79. The van der Waals surface area contributed by atoms with Crippen molar-refractivity contribution in [3.8, 4) is 0 Å². The van der Waals surface area contributed by atoms with Crippen molar-refractivity contribution in [3.63, 3.8) is 0 Å². The number of hydrogen-bond donors (Lipinski definition) is 1. The van der Waals surface area contributed by atoms with Crippen LogP contribution in [0, 0.1) is 0 Å². The lowest BCUT2D eigenvalue weighted by Crippen LogP contribution is -2.49. The van der Waals surface area contributed by atoms with Crippen LogP contribution in [0.4, 0.5) is 13.2 Å². The predicted molar refractivity (Wildman–Crippen MR) is 71.6 cm³/mol. The summed E-state index contributed by atoms with van der Waals surface area (Å²) in [6.45, 7) is 2.43. The molecule has 0 saturated carbocycles. The van der Waals surface area contributed by atoms with E-state index in [4.69, 9.17) is 0 Å².